The fourth-order valence-corrected chi connectivity index (χ4v) is 4.19. The minimum Gasteiger partial charge on any atom is -0.465 e. The van der Waals surface area contributed by atoms with Crippen LogP contribution < -0.4 is 4.90 Å². The van der Waals surface area contributed by atoms with Crippen LogP contribution in [-0.4, -0.2) is 42.2 Å². The lowest BCUT2D eigenvalue weighted by atomic mass is 9.98. The maximum absolute atomic E-state index is 13.4. The highest BCUT2D eigenvalue weighted by atomic mass is 35.5. The van der Waals surface area contributed by atoms with Crippen LogP contribution in [0.3, 0.4) is 0 Å². The number of alkyl halides is 2. The van der Waals surface area contributed by atoms with Crippen molar-refractivity contribution in [2.45, 2.75) is 31.7 Å². The van der Waals surface area contributed by atoms with Crippen molar-refractivity contribution in [1.82, 2.24) is 4.90 Å². The Morgan fingerprint density at radius 2 is 1.81 bits per heavy atom. The van der Waals surface area contributed by atoms with Gasteiger partial charge >= 0.3 is 6.09 Å². The van der Waals surface area contributed by atoms with Gasteiger partial charge in [-0.1, -0.05) is 35.9 Å². The number of benzene rings is 2. The third-order valence-corrected chi connectivity index (χ3v) is 6.26. The first-order valence-electron chi connectivity index (χ1n) is 10.1. The first kappa shape index (κ1) is 21.6. The molecule has 1 atom stereocenters. The van der Waals surface area contributed by atoms with Crippen LogP contribution in [0.2, 0.25) is 5.02 Å². The van der Waals surface area contributed by atoms with Gasteiger partial charge in [0.2, 0.25) is 5.88 Å². The Morgan fingerprint density at radius 1 is 1.16 bits per heavy atom. The van der Waals surface area contributed by atoms with Crippen molar-refractivity contribution >= 4 is 34.5 Å². The number of carbonyl (C=O) groups is 1. The number of rotatable bonds is 4. The minimum atomic E-state index is -2.55. The molecule has 3 aromatic rings. The van der Waals surface area contributed by atoms with Crippen LogP contribution in [0, 0.1) is 0 Å². The lowest BCUT2D eigenvalue weighted by molar-refractivity contribution is -0.0620. The van der Waals surface area contributed by atoms with Crippen molar-refractivity contribution < 1.29 is 23.1 Å². The molecular weight excluding hydrogens is 426 g/mol. The van der Waals surface area contributed by atoms with Gasteiger partial charge in [-0.3, -0.25) is 9.80 Å². The monoisotopic (exact) mass is 448 g/mol. The second-order valence-corrected chi connectivity index (χ2v) is 8.40. The number of likely N-dealkylation sites (tertiary alicyclic amines) is 1. The van der Waals surface area contributed by atoms with E-state index in [1.165, 1.54) is 7.05 Å². The number of hydrogen-bond acceptors (Lipinski definition) is 3. The Kier molecular flexibility index (Phi) is 5.66. The Hall–Kier alpha value is -2.64. The minimum absolute atomic E-state index is 0.0548. The summed E-state index contributed by atoms with van der Waals surface area (Å²) in [5.74, 6) is -2.36. The molecule has 8 heteroatoms. The summed E-state index contributed by atoms with van der Waals surface area (Å²) in [6.07, 6.45) is -1.33. The van der Waals surface area contributed by atoms with Gasteiger partial charge in [0.1, 0.15) is 0 Å². The molecule has 2 heterocycles. The molecule has 1 amide bonds. The normalized spacial score (nSPS) is 17.6. The molecule has 31 heavy (non-hydrogen) atoms. The average Bonchev–Trinajstić information content (AvgIpc) is 3.17. The molecule has 1 N–H and O–H groups in total. The van der Waals surface area contributed by atoms with E-state index in [9.17, 15) is 13.6 Å². The van der Waals surface area contributed by atoms with Crippen molar-refractivity contribution in [1.29, 1.82) is 0 Å². The van der Waals surface area contributed by atoms with Crippen LogP contribution in [0.4, 0.5) is 19.5 Å². The molecule has 0 radical (unpaired) electrons. The zero-order valence-electron chi connectivity index (χ0n) is 17.2. The van der Waals surface area contributed by atoms with Crippen molar-refractivity contribution in [3.05, 3.63) is 53.1 Å². The zero-order chi connectivity index (χ0) is 22.3. The number of furan rings is 1. The van der Waals surface area contributed by atoms with Crippen LogP contribution in [0.1, 0.15) is 31.4 Å². The fourth-order valence-electron chi connectivity index (χ4n) is 3.93. The smallest absolute Gasteiger partial charge is 0.413 e. The summed E-state index contributed by atoms with van der Waals surface area (Å²) in [6.45, 7) is 2.80. The predicted molar refractivity (Wildman–Crippen MR) is 117 cm³/mol. The van der Waals surface area contributed by atoms with Gasteiger partial charge in [-0.2, -0.15) is 0 Å². The lowest BCUT2D eigenvalue weighted by Gasteiger charge is -2.36. The summed E-state index contributed by atoms with van der Waals surface area (Å²) >= 11 is 6.39. The largest absolute Gasteiger partial charge is 0.465 e. The molecule has 1 unspecified atom stereocenters. The summed E-state index contributed by atoms with van der Waals surface area (Å²) in [4.78, 5) is 14.2. The van der Waals surface area contributed by atoms with Crippen molar-refractivity contribution in [3.8, 4) is 11.1 Å². The number of fused-ring (bicyclic) bond motifs is 1. The number of hydrogen-bond donors (Lipinski definition) is 1. The molecule has 0 spiro atoms. The summed E-state index contributed by atoms with van der Waals surface area (Å²) in [5, 5.41) is 10.2. The van der Waals surface area contributed by atoms with E-state index in [0.29, 0.717) is 29.1 Å². The molecule has 1 aromatic heterocycles. The zero-order valence-corrected chi connectivity index (χ0v) is 18.0. The lowest BCUT2D eigenvalue weighted by Crippen LogP contribution is -2.40. The van der Waals surface area contributed by atoms with Gasteiger partial charge in [-0.15, -0.1) is 0 Å². The van der Waals surface area contributed by atoms with E-state index in [4.69, 9.17) is 21.1 Å². The van der Waals surface area contributed by atoms with Gasteiger partial charge in [0.05, 0.1) is 5.02 Å². The Labute approximate surface area is 183 Å². The van der Waals surface area contributed by atoms with Crippen molar-refractivity contribution in [2.24, 2.45) is 0 Å². The standard InChI is InChI=1S/C23H23ClF2N2O3/c1-14(28-9-7-23(25,26)8-10-28)15-3-5-16(6-4-15)17-11-18-13-20(27(2)22(29)30)31-21(18)19(24)12-17/h3-6,11-14H,7-10H2,1-2H3,(H,29,30). The van der Waals surface area contributed by atoms with Crippen LogP contribution in [0.15, 0.2) is 46.9 Å². The van der Waals surface area contributed by atoms with E-state index in [0.717, 1.165) is 21.6 Å². The average molecular weight is 449 g/mol. The summed E-state index contributed by atoms with van der Waals surface area (Å²) in [6, 6.07) is 13.3. The number of nitrogens with zero attached hydrogens (tertiary/aromatic N) is 2. The SMILES string of the molecule is CC(c1ccc(-c2cc(Cl)c3oc(N(C)C(=O)O)cc3c2)cc1)N1CCC(F)(F)CC1. The molecule has 1 aliphatic heterocycles. The second-order valence-electron chi connectivity index (χ2n) is 7.99. The molecule has 1 aliphatic rings. The van der Waals surface area contributed by atoms with Crippen LogP contribution in [0.25, 0.3) is 22.1 Å². The first-order valence-corrected chi connectivity index (χ1v) is 10.4. The Balaban J connectivity index is 1.56. The van der Waals surface area contributed by atoms with Crippen LogP contribution >= 0.6 is 11.6 Å². The highest BCUT2D eigenvalue weighted by Crippen LogP contribution is 2.36. The summed E-state index contributed by atoms with van der Waals surface area (Å²) < 4.78 is 32.5. The number of halogens is 3. The van der Waals surface area contributed by atoms with E-state index in [2.05, 4.69) is 4.90 Å². The number of amides is 1. The third kappa shape index (κ3) is 4.38. The highest BCUT2D eigenvalue weighted by molar-refractivity contribution is 6.35. The Morgan fingerprint density at radius 3 is 2.42 bits per heavy atom. The van der Waals surface area contributed by atoms with Gasteiger partial charge in [0, 0.05) is 50.5 Å². The molecule has 1 fully saturated rings. The van der Waals surface area contributed by atoms with Gasteiger partial charge in [-0.05, 0) is 35.7 Å². The quantitative estimate of drug-likeness (QED) is 0.485. The highest BCUT2D eigenvalue weighted by Gasteiger charge is 2.35. The topological polar surface area (TPSA) is 56.9 Å². The number of anilines is 1. The molecular formula is C23H23ClF2N2O3. The summed E-state index contributed by atoms with van der Waals surface area (Å²) in [7, 11) is 1.40. The van der Waals surface area contributed by atoms with Gasteiger partial charge in [0.15, 0.2) is 5.58 Å². The molecule has 1 saturated heterocycles. The molecule has 4 rings (SSSR count). The van der Waals surface area contributed by atoms with Gasteiger partial charge < -0.3 is 9.52 Å². The molecule has 0 saturated carbocycles. The van der Waals surface area contributed by atoms with Crippen LogP contribution in [-0.2, 0) is 0 Å². The van der Waals surface area contributed by atoms with E-state index in [-0.39, 0.29) is 24.8 Å². The third-order valence-electron chi connectivity index (χ3n) is 5.98. The number of piperidine rings is 1. The van der Waals surface area contributed by atoms with E-state index in [1.807, 2.05) is 37.3 Å². The Bertz CT molecular complexity index is 1100. The maximum atomic E-state index is 13.4. The summed E-state index contributed by atoms with van der Waals surface area (Å²) in [5.41, 5.74) is 3.31. The van der Waals surface area contributed by atoms with E-state index >= 15 is 0 Å². The molecule has 0 aliphatic carbocycles. The van der Waals surface area contributed by atoms with Gasteiger partial charge in [-0.25, -0.2) is 13.6 Å². The molecule has 164 valence electrons. The molecule has 5 nitrogen and oxygen atoms in total. The predicted octanol–water partition coefficient (Wildman–Crippen LogP) is 6.66. The van der Waals surface area contributed by atoms with E-state index in [1.54, 1.807) is 12.1 Å². The van der Waals surface area contributed by atoms with Crippen molar-refractivity contribution in [3.63, 3.8) is 0 Å². The van der Waals surface area contributed by atoms with Crippen LogP contribution in [0.5, 0.6) is 0 Å². The van der Waals surface area contributed by atoms with Gasteiger partial charge in [0.25, 0.3) is 5.92 Å². The molecule has 2 aromatic carbocycles. The second kappa shape index (κ2) is 8.13. The van der Waals surface area contributed by atoms with E-state index < -0.39 is 12.0 Å². The first-order chi connectivity index (χ1) is 14.6. The molecule has 0 bridgehead atoms. The fraction of sp³-hybridized carbons (Fsp3) is 0.348. The van der Waals surface area contributed by atoms with Crippen molar-refractivity contribution in [2.75, 3.05) is 25.0 Å². The number of carboxylic acid groups (broad SMARTS) is 1. The maximum Gasteiger partial charge on any atom is 0.413 e.